The van der Waals surface area contributed by atoms with Crippen molar-refractivity contribution in [2.75, 3.05) is 18.0 Å². The van der Waals surface area contributed by atoms with E-state index in [-0.39, 0.29) is 11.9 Å². The number of carbonyl (C=O) groups is 1. The van der Waals surface area contributed by atoms with Gasteiger partial charge in [-0.15, -0.1) is 11.3 Å². The molecule has 0 radical (unpaired) electrons. The van der Waals surface area contributed by atoms with Gasteiger partial charge >= 0.3 is 0 Å². The minimum Gasteiger partial charge on any atom is -0.361 e. The average Bonchev–Trinajstić information content (AvgIpc) is 3.33. The molecule has 1 N–H and O–H groups in total. The number of aryl methyl sites for hydroxylation is 1. The number of amides is 1. The van der Waals surface area contributed by atoms with E-state index in [1.807, 2.05) is 31.2 Å². The molecule has 0 unspecified atom stereocenters. The van der Waals surface area contributed by atoms with E-state index in [0.29, 0.717) is 6.54 Å². The molecule has 4 heteroatoms. The van der Waals surface area contributed by atoms with Crippen molar-refractivity contribution in [2.24, 2.45) is 0 Å². The van der Waals surface area contributed by atoms with Crippen molar-refractivity contribution in [1.29, 1.82) is 0 Å². The molecule has 0 fully saturated rings. The topological polar surface area (TPSA) is 32.3 Å². The van der Waals surface area contributed by atoms with Crippen molar-refractivity contribution < 1.29 is 4.79 Å². The van der Waals surface area contributed by atoms with Crippen LogP contribution in [0.2, 0.25) is 0 Å². The molecular weight excluding hydrogens is 340 g/mol. The lowest BCUT2D eigenvalue weighted by atomic mass is 10.1. The van der Waals surface area contributed by atoms with E-state index in [4.69, 9.17) is 0 Å². The zero-order chi connectivity index (χ0) is 17.9. The fourth-order valence-electron chi connectivity index (χ4n) is 3.65. The molecule has 3 aromatic rings. The van der Waals surface area contributed by atoms with Crippen LogP contribution in [0.4, 0.5) is 5.69 Å². The third-order valence-corrected chi connectivity index (χ3v) is 5.99. The largest absolute Gasteiger partial charge is 0.361 e. The first-order valence-electron chi connectivity index (χ1n) is 8.96. The number of nitrogens with one attached hydrogen (secondary N) is 1. The number of anilines is 1. The van der Waals surface area contributed by atoms with Crippen LogP contribution in [0.25, 0.3) is 0 Å². The molecule has 1 aliphatic heterocycles. The molecule has 0 aliphatic carbocycles. The summed E-state index contributed by atoms with van der Waals surface area (Å²) in [6.07, 6.45) is 1.06. The lowest BCUT2D eigenvalue weighted by molar-refractivity contribution is 0.0950. The van der Waals surface area contributed by atoms with Crippen LogP contribution in [0.15, 0.2) is 66.0 Å². The molecule has 132 valence electrons. The summed E-state index contributed by atoms with van der Waals surface area (Å²) in [6, 6.07) is 20.7. The van der Waals surface area contributed by atoms with E-state index in [0.717, 1.165) is 24.1 Å². The Bertz CT molecular complexity index is 904. The molecule has 1 amide bonds. The van der Waals surface area contributed by atoms with Crippen molar-refractivity contribution in [3.63, 3.8) is 0 Å². The van der Waals surface area contributed by atoms with Crippen molar-refractivity contribution >= 4 is 22.9 Å². The number of nitrogens with zero attached hydrogens (tertiary/aromatic N) is 1. The highest BCUT2D eigenvalue weighted by molar-refractivity contribution is 7.10. The van der Waals surface area contributed by atoms with Crippen LogP contribution in [0.3, 0.4) is 0 Å². The van der Waals surface area contributed by atoms with Crippen LogP contribution in [0.5, 0.6) is 0 Å². The van der Waals surface area contributed by atoms with Gasteiger partial charge in [-0.2, -0.15) is 0 Å². The summed E-state index contributed by atoms with van der Waals surface area (Å²) in [5, 5.41) is 5.27. The summed E-state index contributed by atoms with van der Waals surface area (Å²) in [6.45, 7) is 3.56. The van der Waals surface area contributed by atoms with Gasteiger partial charge in [0.05, 0.1) is 6.04 Å². The van der Waals surface area contributed by atoms with E-state index in [2.05, 4.69) is 52.0 Å². The molecular formula is C22H22N2OS. The third kappa shape index (κ3) is 3.25. The van der Waals surface area contributed by atoms with Gasteiger partial charge in [0.25, 0.3) is 5.91 Å². The summed E-state index contributed by atoms with van der Waals surface area (Å²) in [4.78, 5) is 16.4. The maximum atomic E-state index is 12.7. The number of carbonyl (C=O) groups excluding carboxylic acids is 1. The first-order valence-corrected chi connectivity index (χ1v) is 9.84. The summed E-state index contributed by atoms with van der Waals surface area (Å²) < 4.78 is 0. The van der Waals surface area contributed by atoms with Gasteiger partial charge < -0.3 is 10.2 Å². The Morgan fingerprint density at radius 1 is 1.12 bits per heavy atom. The van der Waals surface area contributed by atoms with Crippen LogP contribution in [-0.2, 0) is 6.42 Å². The van der Waals surface area contributed by atoms with E-state index < -0.39 is 0 Å². The smallest absolute Gasteiger partial charge is 0.251 e. The van der Waals surface area contributed by atoms with Crippen molar-refractivity contribution in [3.8, 4) is 0 Å². The predicted octanol–water partition coefficient (Wildman–Crippen LogP) is 4.59. The fourth-order valence-corrected chi connectivity index (χ4v) is 4.48. The van der Waals surface area contributed by atoms with E-state index >= 15 is 0 Å². The molecule has 3 nitrogen and oxygen atoms in total. The zero-order valence-corrected chi connectivity index (χ0v) is 15.6. The third-order valence-electron chi connectivity index (χ3n) is 5.02. The molecule has 0 spiro atoms. The number of thiophene rings is 1. The van der Waals surface area contributed by atoms with Gasteiger partial charge in [0, 0.05) is 29.2 Å². The number of hydrogen-bond donors (Lipinski definition) is 1. The van der Waals surface area contributed by atoms with Crippen molar-refractivity contribution in [1.82, 2.24) is 5.32 Å². The minimum atomic E-state index is -0.00265. The summed E-state index contributed by atoms with van der Waals surface area (Å²) in [5.74, 6) is -0.00265. The SMILES string of the molecule is Cc1ccccc1C(=O)NC[C@H](c1cccs1)N1CCc2ccccc21. The Hall–Kier alpha value is -2.59. The standard InChI is InChI=1S/C22H22N2OS/c1-16-7-2-4-9-18(16)22(25)23-15-20(21-11-6-14-26-21)24-13-12-17-8-3-5-10-19(17)24/h2-11,14,20H,12-13,15H2,1H3,(H,23,25)/t20-/m1/s1. The van der Waals surface area contributed by atoms with Crippen LogP contribution in [0.1, 0.15) is 32.4 Å². The quantitative estimate of drug-likeness (QED) is 0.720. The summed E-state index contributed by atoms with van der Waals surface area (Å²) in [5.41, 5.74) is 4.43. The minimum absolute atomic E-state index is 0.00265. The molecule has 2 aromatic carbocycles. The lowest BCUT2D eigenvalue weighted by Gasteiger charge is -2.30. The molecule has 1 aromatic heterocycles. The second-order valence-corrected chi connectivity index (χ2v) is 7.61. The van der Waals surface area contributed by atoms with Crippen LogP contribution < -0.4 is 10.2 Å². The molecule has 26 heavy (non-hydrogen) atoms. The van der Waals surface area contributed by atoms with E-state index in [1.165, 1.54) is 16.1 Å². The van der Waals surface area contributed by atoms with Crippen LogP contribution >= 0.6 is 11.3 Å². The monoisotopic (exact) mass is 362 g/mol. The zero-order valence-electron chi connectivity index (χ0n) is 14.8. The Labute approximate surface area is 158 Å². The Morgan fingerprint density at radius 2 is 1.92 bits per heavy atom. The Balaban J connectivity index is 1.56. The van der Waals surface area contributed by atoms with E-state index in [9.17, 15) is 4.79 Å². The molecule has 0 saturated heterocycles. The molecule has 4 rings (SSSR count). The van der Waals surface area contributed by atoms with E-state index in [1.54, 1.807) is 11.3 Å². The average molecular weight is 362 g/mol. The van der Waals surface area contributed by atoms with Gasteiger partial charge in [-0.25, -0.2) is 0 Å². The fraction of sp³-hybridized carbons (Fsp3) is 0.227. The first kappa shape index (κ1) is 16.9. The van der Waals surface area contributed by atoms with Crippen molar-refractivity contribution in [3.05, 3.63) is 87.6 Å². The second-order valence-electron chi connectivity index (χ2n) is 6.63. The maximum absolute atomic E-state index is 12.7. The highest BCUT2D eigenvalue weighted by Crippen LogP contribution is 2.36. The summed E-state index contributed by atoms with van der Waals surface area (Å²) in [7, 11) is 0. The highest BCUT2D eigenvalue weighted by atomic mass is 32.1. The highest BCUT2D eigenvalue weighted by Gasteiger charge is 2.28. The Kier molecular flexibility index (Phi) is 4.76. The van der Waals surface area contributed by atoms with Gasteiger partial charge in [0.1, 0.15) is 0 Å². The first-order chi connectivity index (χ1) is 12.7. The van der Waals surface area contributed by atoms with Gasteiger partial charge in [0.2, 0.25) is 0 Å². The van der Waals surface area contributed by atoms with Gasteiger partial charge in [-0.1, -0.05) is 42.5 Å². The normalized spacial score (nSPS) is 14.1. The van der Waals surface area contributed by atoms with Gasteiger partial charge in [0.15, 0.2) is 0 Å². The number of rotatable bonds is 5. The maximum Gasteiger partial charge on any atom is 0.251 e. The molecule has 0 saturated carbocycles. The summed E-state index contributed by atoms with van der Waals surface area (Å²) >= 11 is 1.75. The lowest BCUT2D eigenvalue weighted by Crippen LogP contribution is -2.37. The number of fused-ring (bicyclic) bond motifs is 1. The van der Waals surface area contributed by atoms with Crippen LogP contribution in [0, 0.1) is 6.92 Å². The van der Waals surface area contributed by atoms with Gasteiger partial charge in [-0.3, -0.25) is 4.79 Å². The Morgan fingerprint density at radius 3 is 2.73 bits per heavy atom. The van der Waals surface area contributed by atoms with Crippen molar-refractivity contribution in [2.45, 2.75) is 19.4 Å². The molecule has 0 bridgehead atoms. The number of benzene rings is 2. The predicted molar refractivity (Wildman–Crippen MR) is 108 cm³/mol. The number of hydrogen-bond acceptors (Lipinski definition) is 3. The molecule has 1 aliphatic rings. The second kappa shape index (κ2) is 7.34. The molecule has 1 atom stereocenters. The van der Waals surface area contributed by atoms with Gasteiger partial charge in [-0.05, 0) is 48.1 Å². The number of para-hydroxylation sites is 1. The molecule has 2 heterocycles. The van der Waals surface area contributed by atoms with Crippen LogP contribution in [-0.4, -0.2) is 19.0 Å².